The number of carbonyl (C=O) groups excluding carboxylic acids is 1. The summed E-state index contributed by atoms with van der Waals surface area (Å²) in [7, 11) is -0.652. The highest BCUT2D eigenvalue weighted by Gasteiger charge is 2.26. The Morgan fingerprint density at radius 3 is 2.02 bits per heavy atom. The summed E-state index contributed by atoms with van der Waals surface area (Å²) in [5.41, 5.74) is 4.82. The maximum Gasteiger partial charge on any atom is 0.255 e. The average Bonchev–Trinajstić information content (AvgIpc) is 3.35. The first-order valence-electron chi connectivity index (χ1n) is 13.0. The van der Waals surface area contributed by atoms with Gasteiger partial charge in [0.25, 0.3) is 5.91 Å². The minimum absolute atomic E-state index is 0.260. The van der Waals surface area contributed by atoms with Crippen LogP contribution in [-0.4, -0.2) is 41.3 Å². The summed E-state index contributed by atoms with van der Waals surface area (Å²) < 4.78 is 51.7. The van der Waals surface area contributed by atoms with E-state index < -0.39 is 15.8 Å². The third-order valence-electron chi connectivity index (χ3n) is 6.90. The zero-order valence-corrected chi connectivity index (χ0v) is 23.9. The van der Waals surface area contributed by atoms with Crippen molar-refractivity contribution in [2.75, 3.05) is 31.3 Å². The Balaban J connectivity index is 1.69. The molecule has 0 bridgehead atoms. The normalized spacial score (nSPS) is 11.4. The van der Waals surface area contributed by atoms with E-state index in [1.54, 1.807) is 12.1 Å². The van der Waals surface area contributed by atoms with Crippen LogP contribution in [0.25, 0.3) is 44.5 Å². The Morgan fingerprint density at radius 1 is 0.902 bits per heavy atom. The van der Waals surface area contributed by atoms with Gasteiger partial charge < -0.3 is 14.5 Å². The molecule has 0 aliphatic rings. The number of hydrogen-bond acceptors (Lipinski definition) is 5. The topological polar surface area (TPSA) is 88.8 Å². The van der Waals surface area contributed by atoms with Gasteiger partial charge in [0.2, 0.25) is 10.0 Å². The van der Waals surface area contributed by atoms with Gasteiger partial charge >= 0.3 is 0 Å². The molecule has 0 spiro atoms. The number of carbonyl (C=O) groups is 1. The predicted octanol–water partition coefficient (Wildman–Crippen LogP) is 6.73. The molecule has 0 saturated heterocycles. The van der Waals surface area contributed by atoms with Crippen LogP contribution in [0, 0.1) is 5.82 Å². The van der Waals surface area contributed by atoms with Crippen molar-refractivity contribution in [1.82, 2.24) is 5.32 Å². The average molecular weight is 573 g/mol. The lowest BCUT2D eigenvalue weighted by Crippen LogP contribution is -2.25. The van der Waals surface area contributed by atoms with Crippen LogP contribution in [-0.2, 0) is 10.0 Å². The summed E-state index contributed by atoms with van der Waals surface area (Å²) in [6.07, 6.45) is 1.12. The van der Waals surface area contributed by atoms with Crippen LogP contribution in [0.2, 0.25) is 0 Å². The van der Waals surface area contributed by atoms with Gasteiger partial charge in [0.1, 0.15) is 22.9 Å². The van der Waals surface area contributed by atoms with Gasteiger partial charge in [-0.2, -0.15) is 0 Å². The fourth-order valence-electron chi connectivity index (χ4n) is 4.71. The molecule has 5 aromatic rings. The first-order chi connectivity index (χ1) is 19.6. The maximum absolute atomic E-state index is 13.6. The van der Waals surface area contributed by atoms with E-state index in [-0.39, 0.29) is 17.2 Å². The minimum Gasteiger partial charge on any atom is -0.494 e. The van der Waals surface area contributed by atoms with E-state index in [1.807, 2.05) is 55.5 Å². The SMILES string of the molecule is CCOc1ccc(-c2ccc(-c3cc4c(C(=O)NC)c(-c5ccc(F)cc5)oc4cc3N(C)S(C)(=O)=O)cc2)cc1. The molecular formula is C32H29FN2O5S. The highest BCUT2D eigenvalue weighted by atomic mass is 32.2. The second-order valence-corrected chi connectivity index (χ2v) is 11.5. The second kappa shape index (κ2) is 11.1. The van der Waals surface area contributed by atoms with Crippen LogP contribution in [0.3, 0.4) is 0 Å². The fraction of sp³-hybridized carbons (Fsp3) is 0.156. The second-order valence-electron chi connectivity index (χ2n) is 9.52. The standard InChI is InChI=1S/C32H29FN2O5S/c1-5-39-25-16-12-21(13-17-25)20-6-8-22(9-7-20)26-18-27-29(19-28(26)35(3)41(4,37)38)40-31(30(27)32(36)34-2)23-10-14-24(33)15-11-23/h6-19H,5H2,1-4H3,(H,34,36). The van der Waals surface area contributed by atoms with Crippen molar-refractivity contribution in [3.05, 3.63) is 96.3 Å². The molecule has 41 heavy (non-hydrogen) atoms. The number of sulfonamides is 1. The number of ether oxygens (including phenoxy) is 1. The number of amides is 1. The number of fused-ring (bicyclic) bond motifs is 1. The number of halogens is 1. The van der Waals surface area contributed by atoms with Gasteiger partial charge in [0, 0.05) is 36.7 Å². The zero-order chi connectivity index (χ0) is 29.3. The molecule has 0 saturated carbocycles. The van der Waals surface area contributed by atoms with Crippen molar-refractivity contribution >= 4 is 32.6 Å². The number of nitrogens with one attached hydrogen (secondary N) is 1. The smallest absolute Gasteiger partial charge is 0.255 e. The lowest BCUT2D eigenvalue weighted by Gasteiger charge is -2.21. The third-order valence-corrected chi connectivity index (χ3v) is 8.09. The highest BCUT2D eigenvalue weighted by molar-refractivity contribution is 7.92. The summed E-state index contributed by atoms with van der Waals surface area (Å²) in [4.78, 5) is 13.1. The highest BCUT2D eigenvalue weighted by Crippen LogP contribution is 2.41. The van der Waals surface area contributed by atoms with Crippen molar-refractivity contribution < 1.29 is 26.8 Å². The van der Waals surface area contributed by atoms with Crippen LogP contribution >= 0.6 is 0 Å². The molecule has 1 aromatic heterocycles. The lowest BCUT2D eigenvalue weighted by atomic mass is 9.96. The third kappa shape index (κ3) is 5.53. The van der Waals surface area contributed by atoms with Gasteiger partial charge in [-0.3, -0.25) is 9.10 Å². The quantitative estimate of drug-likeness (QED) is 0.223. The molecule has 7 nitrogen and oxygen atoms in total. The van der Waals surface area contributed by atoms with Crippen molar-refractivity contribution in [2.45, 2.75) is 6.92 Å². The molecule has 0 aliphatic heterocycles. The van der Waals surface area contributed by atoms with Crippen molar-refractivity contribution in [3.8, 4) is 39.3 Å². The van der Waals surface area contributed by atoms with E-state index in [1.165, 1.54) is 42.7 Å². The van der Waals surface area contributed by atoms with E-state index >= 15 is 0 Å². The van der Waals surface area contributed by atoms with E-state index in [0.717, 1.165) is 28.7 Å². The van der Waals surface area contributed by atoms with Crippen molar-refractivity contribution in [3.63, 3.8) is 0 Å². The minimum atomic E-state index is -3.64. The molecule has 1 heterocycles. The predicted molar refractivity (Wildman–Crippen MR) is 160 cm³/mol. The molecule has 0 unspecified atom stereocenters. The first-order valence-corrected chi connectivity index (χ1v) is 14.8. The lowest BCUT2D eigenvalue weighted by molar-refractivity contribution is 0.0964. The molecule has 0 aliphatic carbocycles. The summed E-state index contributed by atoms with van der Waals surface area (Å²) >= 11 is 0. The van der Waals surface area contributed by atoms with Crippen LogP contribution < -0.4 is 14.4 Å². The molecule has 210 valence electrons. The van der Waals surface area contributed by atoms with E-state index in [4.69, 9.17) is 9.15 Å². The van der Waals surface area contributed by atoms with Crippen LogP contribution in [0.5, 0.6) is 5.75 Å². The Morgan fingerprint density at radius 2 is 1.46 bits per heavy atom. The van der Waals surface area contributed by atoms with E-state index in [2.05, 4.69) is 5.32 Å². The Kier molecular flexibility index (Phi) is 7.55. The molecular weight excluding hydrogens is 543 g/mol. The maximum atomic E-state index is 13.6. The number of benzene rings is 4. The molecule has 0 fully saturated rings. The number of rotatable bonds is 8. The number of nitrogens with zero attached hydrogens (tertiary/aromatic N) is 1. The van der Waals surface area contributed by atoms with Crippen LogP contribution in [0.1, 0.15) is 17.3 Å². The monoisotopic (exact) mass is 572 g/mol. The number of anilines is 1. The zero-order valence-electron chi connectivity index (χ0n) is 23.1. The summed E-state index contributed by atoms with van der Waals surface area (Å²) in [6, 6.07) is 24.5. The fourth-order valence-corrected chi connectivity index (χ4v) is 5.22. The van der Waals surface area contributed by atoms with Gasteiger partial charge in [0.05, 0.1) is 24.1 Å². The van der Waals surface area contributed by atoms with Gasteiger partial charge in [-0.15, -0.1) is 0 Å². The van der Waals surface area contributed by atoms with Gasteiger partial charge in [0.15, 0.2) is 0 Å². The summed E-state index contributed by atoms with van der Waals surface area (Å²) in [5.74, 6) is 0.250. The Bertz CT molecular complexity index is 1830. The van der Waals surface area contributed by atoms with Gasteiger partial charge in [-0.1, -0.05) is 36.4 Å². The van der Waals surface area contributed by atoms with Crippen molar-refractivity contribution in [1.29, 1.82) is 0 Å². The molecule has 5 rings (SSSR count). The Labute approximate surface area is 238 Å². The molecule has 9 heteroatoms. The van der Waals surface area contributed by atoms with Gasteiger partial charge in [-0.25, -0.2) is 12.8 Å². The first kappa shape index (κ1) is 27.9. The van der Waals surface area contributed by atoms with Crippen LogP contribution in [0.15, 0.2) is 89.3 Å². The molecule has 1 N–H and O–H groups in total. The van der Waals surface area contributed by atoms with Crippen LogP contribution in [0.4, 0.5) is 10.1 Å². The van der Waals surface area contributed by atoms with E-state index in [9.17, 15) is 17.6 Å². The summed E-state index contributed by atoms with van der Waals surface area (Å²) in [6.45, 7) is 2.52. The summed E-state index contributed by atoms with van der Waals surface area (Å²) in [5, 5.41) is 3.15. The Hall–Kier alpha value is -4.63. The van der Waals surface area contributed by atoms with Crippen molar-refractivity contribution in [2.24, 2.45) is 0 Å². The molecule has 4 aromatic carbocycles. The number of hydrogen-bond donors (Lipinski definition) is 1. The molecule has 1 amide bonds. The molecule has 0 radical (unpaired) electrons. The van der Waals surface area contributed by atoms with E-state index in [0.29, 0.717) is 34.4 Å². The number of furan rings is 1. The molecule has 0 atom stereocenters. The van der Waals surface area contributed by atoms with Gasteiger partial charge in [-0.05, 0) is 66.1 Å². The largest absolute Gasteiger partial charge is 0.494 e.